The van der Waals surface area contributed by atoms with Crippen LogP contribution in [0.25, 0.3) is 11.2 Å². The maximum absolute atomic E-state index is 12.7. The molecule has 0 saturated heterocycles. The van der Waals surface area contributed by atoms with E-state index in [1.54, 1.807) is 42.7 Å². The van der Waals surface area contributed by atoms with Crippen LogP contribution >= 0.6 is 38.9 Å². The van der Waals surface area contributed by atoms with Gasteiger partial charge < -0.3 is 9.30 Å². The number of hydrogen-bond donors (Lipinski definition) is 1. The van der Waals surface area contributed by atoms with Crippen LogP contribution in [-0.2, 0) is 21.3 Å². The van der Waals surface area contributed by atoms with Crippen molar-refractivity contribution in [2.45, 2.75) is 24.6 Å². The van der Waals surface area contributed by atoms with Crippen LogP contribution in [0.15, 0.2) is 50.5 Å². The molecule has 35 heavy (non-hydrogen) atoms. The van der Waals surface area contributed by atoms with E-state index < -0.39 is 21.9 Å². The Bertz CT molecular complexity index is 1570. The number of ether oxygens (including phenoxy) is 1. The summed E-state index contributed by atoms with van der Waals surface area (Å²) >= 11 is 10.6. The van der Waals surface area contributed by atoms with Gasteiger partial charge in [-0.2, -0.15) is 0 Å². The predicted octanol–water partition coefficient (Wildman–Crippen LogP) is 4.56. The van der Waals surface area contributed by atoms with Crippen molar-refractivity contribution in [2.24, 2.45) is 0 Å². The number of sulfonamides is 1. The molecular weight excluding hydrogens is 580 g/mol. The van der Waals surface area contributed by atoms with E-state index in [1.165, 1.54) is 18.2 Å². The average Bonchev–Trinajstić information content (AvgIpc) is 3.38. The van der Waals surface area contributed by atoms with Gasteiger partial charge in [0.1, 0.15) is 21.2 Å². The van der Waals surface area contributed by atoms with Crippen molar-refractivity contribution < 1.29 is 22.7 Å². The zero-order chi connectivity index (χ0) is 25.3. The highest BCUT2D eigenvalue weighted by molar-refractivity contribution is 9.11. The molecule has 0 spiro atoms. The monoisotopic (exact) mass is 596 g/mol. The number of fused-ring (bicyclic) bond motifs is 1. The summed E-state index contributed by atoms with van der Waals surface area (Å²) in [7, 11) is -4.04. The van der Waals surface area contributed by atoms with Gasteiger partial charge in [0, 0.05) is 5.02 Å². The summed E-state index contributed by atoms with van der Waals surface area (Å²) in [5, 5.41) is 0.360. The Kier molecular flexibility index (Phi) is 7.27. The number of benzene rings is 1. The van der Waals surface area contributed by atoms with Crippen LogP contribution in [0, 0.1) is 6.92 Å². The van der Waals surface area contributed by atoms with Gasteiger partial charge in [-0.3, -0.25) is 4.79 Å². The topological polar surface area (TPSA) is 120 Å². The Morgan fingerprint density at radius 1 is 1.17 bits per heavy atom. The number of aromatic nitrogens is 3. The molecule has 0 unspecified atom stereocenters. The molecule has 0 saturated carbocycles. The van der Waals surface area contributed by atoms with Crippen LogP contribution in [0.2, 0.25) is 5.02 Å². The van der Waals surface area contributed by atoms with Crippen LogP contribution in [-0.4, -0.2) is 41.4 Å². The molecule has 0 bridgehead atoms. The van der Waals surface area contributed by atoms with Crippen molar-refractivity contribution in [1.29, 1.82) is 0 Å². The number of hydrogen-bond acceptors (Lipinski definition) is 8. The van der Waals surface area contributed by atoms with Crippen molar-refractivity contribution in [3.8, 4) is 0 Å². The number of pyridine rings is 1. The second-order valence-electron chi connectivity index (χ2n) is 7.30. The van der Waals surface area contributed by atoms with Gasteiger partial charge in [0.25, 0.3) is 15.9 Å². The first kappa shape index (κ1) is 25.3. The molecule has 4 rings (SSSR count). The van der Waals surface area contributed by atoms with Gasteiger partial charge in [0.15, 0.2) is 5.65 Å². The molecule has 13 heteroatoms. The molecule has 9 nitrogen and oxygen atoms in total. The Morgan fingerprint density at radius 2 is 1.94 bits per heavy atom. The average molecular weight is 598 g/mol. The van der Waals surface area contributed by atoms with E-state index in [9.17, 15) is 18.0 Å². The van der Waals surface area contributed by atoms with Gasteiger partial charge in [-0.1, -0.05) is 17.7 Å². The van der Waals surface area contributed by atoms with Crippen molar-refractivity contribution in [2.75, 3.05) is 6.61 Å². The molecule has 1 amide bonds. The lowest BCUT2D eigenvalue weighted by Crippen LogP contribution is -2.30. The lowest BCUT2D eigenvalue weighted by Gasteiger charge is -2.10. The van der Waals surface area contributed by atoms with Gasteiger partial charge in [-0.25, -0.2) is 27.9 Å². The molecule has 4 aromatic rings. The van der Waals surface area contributed by atoms with E-state index in [4.69, 9.17) is 16.3 Å². The zero-order valence-electron chi connectivity index (χ0n) is 18.4. The number of esters is 1. The largest absolute Gasteiger partial charge is 0.462 e. The summed E-state index contributed by atoms with van der Waals surface area (Å²) in [4.78, 5) is 33.5. The summed E-state index contributed by atoms with van der Waals surface area (Å²) in [5.74, 6) is -0.710. The van der Waals surface area contributed by atoms with E-state index >= 15 is 0 Å². The summed E-state index contributed by atoms with van der Waals surface area (Å²) in [6.07, 6.45) is 0. The third-order valence-electron chi connectivity index (χ3n) is 4.95. The van der Waals surface area contributed by atoms with Gasteiger partial charge in [0.2, 0.25) is 0 Å². The van der Waals surface area contributed by atoms with Gasteiger partial charge >= 0.3 is 5.97 Å². The van der Waals surface area contributed by atoms with E-state index in [-0.39, 0.29) is 23.1 Å². The van der Waals surface area contributed by atoms with Crippen molar-refractivity contribution in [3.63, 3.8) is 0 Å². The van der Waals surface area contributed by atoms with Gasteiger partial charge in [-0.15, -0.1) is 11.3 Å². The van der Waals surface area contributed by atoms with Crippen LogP contribution < -0.4 is 4.72 Å². The van der Waals surface area contributed by atoms with Crippen LogP contribution in [0.3, 0.4) is 0 Å². The molecule has 0 atom stereocenters. The molecule has 1 N–H and O–H groups in total. The quantitative estimate of drug-likeness (QED) is 0.310. The number of rotatable bonds is 7. The number of carbonyl (C=O) groups excluding carboxylic acids is 2. The maximum Gasteiger partial charge on any atom is 0.338 e. The summed E-state index contributed by atoms with van der Waals surface area (Å²) < 4.78 is 34.5. The molecule has 0 aliphatic rings. The number of nitrogens with zero attached hydrogens (tertiary/aromatic N) is 3. The molecule has 3 heterocycles. The summed E-state index contributed by atoms with van der Waals surface area (Å²) in [6.45, 7) is 4.02. The summed E-state index contributed by atoms with van der Waals surface area (Å²) in [5.41, 5.74) is 1.87. The van der Waals surface area contributed by atoms with E-state index in [0.29, 0.717) is 36.9 Å². The normalized spacial score (nSPS) is 11.5. The van der Waals surface area contributed by atoms with E-state index in [1.807, 2.05) is 4.72 Å². The van der Waals surface area contributed by atoms with Crippen LogP contribution in [0.1, 0.15) is 39.2 Å². The molecule has 0 fully saturated rings. The Hall–Kier alpha value is -2.80. The number of aryl methyl sites for hydroxylation is 1. The smallest absolute Gasteiger partial charge is 0.338 e. The zero-order valence-corrected chi connectivity index (χ0v) is 22.4. The molecule has 0 aliphatic heterocycles. The number of imidazole rings is 1. The van der Waals surface area contributed by atoms with Crippen molar-refractivity contribution >= 4 is 71.9 Å². The molecule has 182 valence electrons. The minimum absolute atomic E-state index is 0.000552. The fourth-order valence-electron chi connectivity index (χ4n) is 3.28. The lowest BCUT2D eigenvalue weighted by molar-refractivity contribution is 0.0526. The lowest BCUT2D eigenvalue weighted by atomic mass is 10.1. The second kappa shape index (κ2) is 10.1. The number of amides is 1. The maximum atomic E-state index is 12.7. The number of halogens is 2. The number of nitrogens with one attached hydrogen (secondary N) is 1. The van der Waals surface area contributed by atoms with Crippen molar-refractivity contribution in [1.82, 2.24) is 19.3 Å². The Morgan fingerprint density at radius 3 is 2.60 bits per heavy atom. The third-order valence-corrected chi connectivity index (χ3v) is 8.75. The first-order valence-corrected chi connectivity index (χ1v) is 13.7. The van der Waals surface area contributed by atoms with Gasteiger partial charge in [-0.05, 0) is 71.7 Å². The molecule has 0 aliphatic carbocycles. The molecular formula is C22H18BrClN4O5S2. The summed E-state index contributed by atoms with van der Waals surface area (Å²) in [6, 6.07) is 10.9. The molecule has 3 aromatic heterocycles. The Balaban J connectivity index is 1.63. The fraction of sp³-hybridized carbons (Fsp3) is 0.182. The highest BCUT2D eigenvalue weighted by atomic mass is 79.9. The molecule has 0 radical (unpaired) electrons. The van der Waals surface area contributed by atoms with Crippen LogP contribution in [0.5, 0.6) is 0 Å². The number of thiophene rings is 1. The standard InChI is InChI=1S/C22H18BrClN4O5S2/c1-3-33-22(30)13-4-5-14(15(24)10-13)11-28-12(2)25-16-6-7-17(26-20(16)28)21(29)27-35(31,32)19-9-8-18(23)34-19/h4-10H,3,11H2,1-2H3,(H,27,29). The first-order chi connectivity index (χ1) is 16.6. The minimum Gasteiger partial charge on any atom is -0.462 e. The van der Waals surface area contributed by atoms with Gasteiger partial charge in [0.05, 0.1) is 22.5 Å². The number of carbonyl (C=O) groups is 2. The van der Waals surface area contributed by atoms with Crippen LogP contribution in [0.4, 0.5) is 0 Å². The second-order valence-corrected chi connectivity index (χ2v) is 12.1. The molecule has 1 aromatic carbocycles. The van der Waals surface area contributed by atoms with Crippen molar-refractivity contribution in [3.05, 3.63) is 73.9 Å². The highest BCUT2D eigenvalue weighted by Gasteiger charge is 2.22. The first-order valence-electron chi connectivity index (χ1n) is 10.2. The SMILES string of the molecule is CCOC(=O)c1ccc(Cn2c(C)nc3ccc(C(=O)NS(=O)(=O)c4ccc(Br)s4)nc32)c(Cl)c1. The highest BCUT2D eigenvalue weighted by Crippen LogP contribution is 2.26. The predicted molar refractivity (Wildman–Crippen MR) is 135 cm³/mol. The van der Waals surface area contributed by atoms with E-state index in [0.717, 1.165) is 11.3 Å². The van der Waals surface area contributed by atoms with E-state index in [2.05, 4.69) is 25.9 Å². The minimum atomic E-state index is -4.04. The third kappa shape index (κ3) is 5.40. The fourth-order valence-corrected chi connectivity index (χ4v) is 6.50. The Labute approximate surface area is 218 Å².